The minimum Gasteiger partial charge on any atom is -0.466 e. The van der Waals surface area contributed by atoms with Gasteiger partial charge >= 0.3 is 5.97 Å². The van der Waals surface area contributed by atoms with Gasteiger partial charge in [-0.05, 0) is 49.5 Å². The lowest BCUT2D eigenvalue weighted by Crippen LogP contribution is -2.58. The number of ether oxygens (including phenoxy) is 3. The minimum atomic E-state index is -0.486. The second-order valence-corrected chi connectivity index (χ2v) is 8.46. The molecular formula is C20H28O5. The van der Waals surface area contributed by atoms with Crippen molar-refractivity contribution in [2.75, 3.05) is 13.7 Å². The average Bonchev–Trinajstić information content (AvgIpc) is 3.12. The zero-order valence-corrected chi connectivity index (χ0v) is 15.5. The van der Waals surface area contributed by atoms with Crippen LogP contribution in [0.1, 0.15) is 46.5 Å². The number of hydrogen-bond acceptors (Lipinski definition) is 5. The molecule has 138 valence electrons. The van der Waals surface area contributed by atoms with E-state index in [1.54, 1.807) is 13.2 Å². The van der Waals surface area contributed by atoms with Crippen molar-refractivity contribution in [3.63, 3.8) is 0 Å². The molecule has 4 rings (SSSR count). The summed E-state index contributed by atoms with van der Waals surface area (Å²) in [6.07, 6.45) is 4.68. The molecule has 4 aliphatic rings. The zero-order valence-electron chi connectivity index (χ0n) is 15.5. The topological polar surface area (TPSA) is 61.8 Å². The predicted molar refractivity (Wildman–Crippen MR) is 90.5 cm³/mol. The first-order valence-corrected chi connectivity index (χ1v) is 9.45. The van der Waals surface area contributed by atoms with Gasteiger partial charge in [-0.25, -0.2) is 0 Å². The Labute approximate surface area is 149 Å². The number of carbonyl (C=O) groups excluding carboxylic acids is 2. The molecule has 0 amide bonds. The van der Waals surface area contributed by atoms with E-state index < -0.39 is 5.79 Å². The van der Waals surface area contributed by atoms with Crippen LogP contribution < -0.4 is 0 Å². The highest BCUT2D eigenvalue weighted by molar-refractivity contribution is 5.94. The second kappa shape index (κ2) is 5.65. The molecule has 1 aliphatic heterocycles. The maximum atomic E-state index is 12.8. The first-order valence-electron chi connectivity index (χ1n) is 9.45. The van der Waals surface area contributed by atoms with Gasteiger partial charge in [0.1, 0.15) is 0 Å². The summed E-state index contributed by atoms with van der Waals surface area (Å²) < 4.78 is 17.2. The van der Waals surface area contributed by atoms with Gasteiger partial charge in [0.25, 0.3) is 0 Å². The zero-order chi connectivity index (χ0) is 18.0. The third-order valence-electron chi connectivity index (χ3n) is 7.52. The van der Waals surface area contributed by atoms with Gasteiger partial charge in [0, 0.05) is 25.9 Å². The summed E-state index contributed by atoms with van der Waals surface area (Å²) in [5.41, 5.74) is 0.791. The van der Waals surface area contributed by atoms with Gasteiger partial charge in [-0.1, -0.05) is 12.5 Å². The van der Waals surface area contributed by atoms with Crippen LogP contribution in [0.2, 0.25) is 0 Å². The molecule has 7 atom stereocenters. The van der Waals surface area contributed by atoms with Crippen molar-refractivity contribution in [1.29, 1.82) is 0 Å². The molecule has 5 heteroatoms. The molecule has 2 saturated carbocycles. The summed E-state index contributed by atoms with van der Waals surface area (Å²) in [5.74, 6) is 0.284. The van der Waals surface area contributed by atoms with Crippen molar-refractivity contribution in [2.45, 2.75) is 58.3 Å². The fourth-order valence-corrected chi connectivity index (χ4v) is 6.39. The quantitative estimate of drug-likeness (QED) is 0.731. The van der Waals surface area contributed by atoms with Crippen LogP contribution >= 0.6 is 0 Å². The van der Waals surface area contributed by atoms with Crippen molar-refractivity contribution in [3.8, 4) is 0 Å². The molecule has 3 fully saturated rings. The monoisotopic (exact) mass is 348 g/mol. The summed E-state index contributed by atoms with van der Waals surface area (Å²) in [6.45, 7) is 6.44. The molecule has 0 aromatic rings. The van der Waals surface area contributed by atoms with Gasteiger partial charge in [0.2, 0.25) is 0 Å². The van der Waals surface area contributed by atoms with E-state index in [1.807, 2.05) is 13.8 Å². The van der Waals surface area contributed by atoms with Crippen molar-refractivity contribution in [2.24, 2.45) is 29.1 Å². The molecule has 2 bridgehead atoms. The lowest BCUT2D eigenvalue weighted by Gasteiger charge is -2.57. The molecule has 0 aromatic carbocycles. The molecule has 0 radical (unpaired) electrons. The first kappa shape index (κ1) is 17.2. The van der Waals surface area contributed by atoms with Gasteiger partial charge in [-0.3, -0.25) is 9.59 Å². The molecule has 0 spiro atoms. The lowest BCUT2D eigenvalue weighted by molar-refractivity contribution is -0.258. The van der Waals surface area contributed by atoms with Crippen LogP contribution in [-0.2, 0) is 23.8 Å². The summed E-state index contributed by atoms with van der Waals surface area (Å²) in [7, 11) is 1.72. The average molecular weight is 348 g/mol. The van der Waals surface area contributed by atoms with Gasteiger partial charge in [-0.2, -0.15) is 0 Å². The number of hydrogen-bond donors (Lipinski definition) is 0. The highest BCUT2D eigenvalue weighted by Crippen LogP contribution is 2.68. The summed E-state index contributed by atoms with van der Waals surface area (Å²) in [6, 6.07) is 0. The fraction of sp³-hybridized carbons (Fsp3) is 0.800. The van der Waals surface area contributed by atoms with Crippen molar-refractivity contribution in [1.82, 2.24) is 0 Å². The first-order chi connectivity index (χ1) is 11.8. The number of esters is 1. The van der Waals surface area contributed by atoms with E-state index in [9.17, 15) is 9.59 Å². The number of allylic oxidation sites excluding steroid dienone is 2. The largest absolute Gasteiger partial charge is 0.466 e. The number of fused-ring (bicyclic) bond motifs is 3. The Kier molecular flexibility index (Phi) is 3.89. The highest BCUT2D eigenvalue weighted by Gasteiger charge is 2.69. The SMILES string of the molecule is CCOC(=O)C[C@@H]1C(C)=CC(=O)[C@@H]2C[C@@H]3O[C@@]4(OC)C[C@H]3[C@@H](C4)[C@@]12C. The van der Waals surface area contributed by atoms with Crippen LogP contribution in [-0.4, -0.2) is 37.4 Å². The van der Waals surface area contributed by atoms with Crippen LogP contribution in [0.15, 0.2) is 11.6 Å². The molecule has 5 nitrogen and oxygen atoms in total. The molecule has 1 heterocycles. The molecule has 0 unspecified atom stereocenters. The maximum Gasteiger partial charge on any atom is 0.306 e. The predicted octanol–water partition coefficient (Wildman–Crippen LogP) is 2.88. The Morgan fingerprint density at radius 1 is 1.40 bits per heavy atom. The van der Waals surface area contributed by atoms with Crippen LogP contribution in [0, 0.1) is 29.1 Å². The normalized spacial score (nSPS) is 47.4. The number of ketones is 1. The van der Waals surface area contributed by atoms with Gasteiger partial charge < -0.3 is 14.2 Å². The van der Waals surface area contributed by atoms with Gasteiger partial charge in [-0.15, -0.1) is 0 Å². The van der Waals surface area contributed by atoms with Crippen LogP contribution in [0.5, 0.6) is 0 Å². The molecule has 25 heavy (non-hydrogen) atoms. The Hall–Kier alpha value is -1.20. The lowest BCUT2D eigenvalue weighted by atomic mass is 9.48. The van der Waals surface area contributed by atoms with Crippen LogP contribution in [0.25, 0.3) is 0 Å². The van der Waals surface area contributed by atoms with E-state index in [0.29, 0.717) is 24.9 Å². The van der Waals surface area contributed by atoms with Gasteiger partial charge in [0.15, 0.2) is 11.6 Å². The Balaban J connectivity index is 1.72. The third kappa shape index (κ3) is 2.28. The summed E-state index contributed by atoms with van der Waals surface area (Å²) in [4.78, 5) is 25.1. The maximum absolute atomic E-state index is 12.8. The smallest absolute Gasteiger partial charge is 0.306 e. The molecular weight excluding hydrogens is 320 g/mol. The van der Waals surface area contributed by atoms with Crippen LogP contribution in [0.3, 0.4) is 0 Å². The van der Waals surface area contributed by atoms with E-state index in [1.165, 1.54) is 0 Å². The van der Waals surface area contributed by atoms with E-state index in [0.717, 1.165) is 24.8 Å². The van der Waals surface area contributed by atoms with E-state index in [2.05, 4.69) is 6.92 Å². The second-order valence-electron chi connectivity index (χ2n) is 8.46. The third-order valence-corrected chi connectivity index (χ3v) is 7.52. The molecule has 0 N–H and O–H groups in total. The standard InChI is InChI=1S/C20H28O5/c1-5-24-18(22)8-13-11(2)6-16(21)14-7-17-12-9-20(23-4,25-17)10-15(12)19(13,14)3/h6,12-15,17H,5,7-10H2,1-4H3/t12-,13+,14-,15+,17-,19-,20-/m0/s1. The number of rotatable bonds is 4. The van der Waals surface area contributed by atoms with Gasteiger partial charge in [0.05, 0.1) is 19.1 Å². The molecule has 1 saturated heterocycles. The van der Waals surface area contributed by atoms with Crippen molar-refractivity contribution < 1.29 is 23.8 Å². The number of carbonyl (C=O) groups is 2. The molecule has 3 aliphatic carbocycles. The van der Waals surface area contributed by atoms with E-state index >= 15 is 0 Å². The Morgan fingerprint density at radius 2 is 2.16 bits per heavy atom. The van der Waals surface area contributed by atoms with Crippen molar-refractivity contribution in [3.05, 3.63) is 11.6 Å². The Bertz CT molecular complexity index is 640. The minimum absolute atomic E-state index is 0.0495. The molecule has 0 aromatic heterocycles. The Morgan fingerprint density at radius 3 is 2.80 bits per heavy atom. The van der Waals surface area contributed by atoms with E-state index in [-0.39, 0.29) is 35.1 Å². The summed E-state index contributed by atoms with van der Waals surface area (Å²) in [5, 5.41) is 0. The summed E-state index contributed by atoms with van der Waals surface area (Å²) >= 11 is 0. The van der Waals surface area contributed by atoms with E-state index in [4.69, 9.17) is 14.2 Å². The highest BCUT2D eigenvalue weighted by atomic mass is 16.7. The van der Waals surface area contributed by atoms with Crippen molar-refractivity contribution >= 4 is 11.8 Å². The number of methoxy groups -OCH3 is 1. The fourth-order valence-electron chi connectivity index (χ4n) is 6.39. The van der Waals surface area contributed by atoms with Crippen LogP contribution in [0.4, 0.5) is 0 Å².